The van der Waals surface area contributed by atoms with Crippen LogP contribution in [0, 0.1) is 5.82 Å². The Morgan fingerprint density at radius 2 is 1.65 bits per heavy atom. The van der Waals surface area contributed by atoms with Crippen LogP contribution in [0.1, 0.15) is 41.3 Å². The van der Waals surface area contributed by atoms with Gasteiger partial charge in [0, 0.05) is 19.6 Å². The SMILES string of the molecule is CC(OC1OCCN(CC2N=NN=C2CN(C)C)C1c1ccc(F)cc1)c1cc(C(F)(F)F)cc(C(F)(F)F)c1. The van der Waals surface area contributed by atoms with Gasteiger partial charge in [-0.1, -0.05) is 12.1 Å². The first-order valence-electron chi connectivity index (χ1n) is 12.4. The van der Waals surface area contributed by atoms with Gasteiger partial charge >= 0.3 is 12.4 Å². The number of hydrogen-bond acceptors (Lipinski definition) is 7. The summed E-state index contributed by atoms with van der Waals surface area (Å²) in [5, 5.41) is 12.1. The maximum Gasteiger partial charge on any atom is 0.416 e. The van der Waals surface area contributed by atoms with Crippen molar-refractivity contribution < 1.29 is 40.2 Å². The molecule has 2 aromatic rings. The molecule has 0 amide bonds. The van der Waals surface area contributed by atoms with Crippen LogP contribution >= 0.6 is 0 Å². The summed E-state index contributed by atoms with van der Waals surface area (Å²) in [7, 11) is 3.74. The van der Waals surface area contributed by atoms with Crippen LogP contribution in [0.4, 0.5) is 30.7 Å². The zero-order chi connectivity index (χ0) is 29.2. The molecule has 0 aliphatic carbocycles. The predicted molar refractivity (Wildman–Crippen MR) is 131 cm³/mol. The highest BCUT2D eigenvalue weighted by molar-refractivity contribution is 5.92. The number of hydrogen-bond donors (Lipinski definition) is 0. The summed E-state index contributed by atoms with van der Waals surface area (Å²) in [6.45, 7) is 2.76. The third-order valence-electron chi connectivity index (χ3n) is 6.58. The van der Waals surface area contributed by atoms with E-state index in [9.17, 15) is 30.7 Å². The van der Waals surface area contributed by atoms with Crippen LogP contribution in [0.15, 0.2) is 57.9 Å². The Balaban J connectivity index is 1.64. The van der Waals surface area contributed by atoms with Gasteiger partial charge in [-0.3, -0.25) is 4.90 Å². The number of nitrogens with zero attached hydrogens (tertiary/aromatic N) is 5. The Bertz CT molecular complexity index is 1200. The van der Waals surface area contributed by atoms with E-state index in [1.54, 1.807) is 0 Å². The Labute approximate surface area is 226 Å². The average Bonchev–Trinajstić information content (AvgIpc) is 3.29. The standard InChI is InChI=1S/C26H28F7N5O2/c1-15(17-10-18(25(28,29)30)12-19(11-17)26(31,32)33)40-24-23(16-4-6-20(27)7-5-16)38(8-9-39-24)14-22-21(13-37(2)3)34-36-35-22/h4-7,10-12,15,22-24H,8-9,13-14H2,1-3H3. The molecule has 14 heteroatoms. The molecule has 4 rings (SSSR count). The topological polar surface area (TPSA) is 62.0 Å². The van der Waals surface area contributed by atoms with E-state index >= 15 is 0 Å². The minimum atomic E-state index is -4.99. The molecular weight excluding hydrogens is 547 g/mol. The first-order valence-corrected chi connectivity index (χ1v) is 12.4. The molecule has 2 aliphatic heterocycles. The lowest BCUT2D eigenvalue weighted by atomic mass is 10.00. The van der Waals surface area contributed by atoms with E-state index in [2.05, 4.69) is 15.4 Å². The van der Waals surface area contributed by atoms with Crippen LogP contribution in [-0.4, -0.2) is 68.2 Å². The smallest absolute Gasteiger partial charge is 0.349 e. The minimum Gasteiger partial charge on any atom is -0.349 e. The third-order valence-corrected chi connectivity index (χ3v) is 6.58. The maximum atomic E-state index is 13.7. The molecular formula is C26H28F7N5O2. The minimum absolute atomic E-state index is 0.0689. The third kappa shape index (κ3) is 7.22. The molecule has 0 saturated carbocycles. The van der Waals surface area contributed by atoms with Crippen LogP contribution in [0.3, 0.4) is 0 Å². The fourth-order valence-corrected chi connectivity index (χ4v) is 4.63. The van der Waals surface area contributed by atoms with Gasteiger partial charge < -0.3 is 14.4 Å². The van der Waals surface area contributed by atoms with Gasteiger partial charge in [0.1, 0.15) is 11.9 Å². The van der Waals surface area contributed by atoms with E-state index in [1.807, 2.05) is 23.9 Å². The van der Waals surface area contributed by atoms with Crippen molar-refractivity contribution in [3.05, 3.63) is 70.5 Å². The van der Waals surface area contributed by atoms with Gasteiger partial charge in [-0.05, 0) is 67.7 Å². The lowest BCUT2D eigenvalue weighted by Crippen LogP contribution is -2.50. The molecule has 7 nitrogen and oxygen atoms in total. The Morgan fingerprint density at radius 1 is 1.02 bits per heavy atom. The van der Waals surface area contributed by atoms with Gasteiger partial charge in [0.05, 0.1) is 35.6 Å². The van der Waals surface area contributed by atoms with Crippen LogP contribution < -0.4 is 0 Å². The second-order valence-corrected chi connectivity index (χ2v) is 9.90. The summed E-state index contributed by atoms with van der Waals surface area (Å²) in [6.07, 6.45) is -12.3. The summed E-state index contributed by atoms with van der Waals surface area (Å²) < 4.78 is 106. The summed E-state index contributed by atoms with van der Waals surface area (Å²) in [5.74, 6) is -0.480. The van der Waals surface area contributed by atoms with Crippen molar-refractivity contribution in [1.29, 1.82) is 0 Å². The van der Waals surface area contributed by atoms with Crippen LogP contribution in [0.5, 0.6) is 0 Å². The number of halogens is 7. The Kier molecular flexibility index (Phi) is 8.93. The Morgan fingerprint density at radius 3 is 2.23 bits per heavy atom. The van der Waals surface area contributed by atoms with Gasteiger partial charge in [0.15, 0.2) is 6.29 Å². The van der Waals surface area contributed by atoms with Crippen molar-refractivity contribution in [1.82, 2.24) is 9.80 Å². The van der Waals surface area contributed by atoms with Crippen LogP contribution in [0.25, 0.3) is 0 Å². The van der Waals surface area contributed by atoms with Crippen LogP contribution in [-0.2, 0) is 21.8 Å². The maximum absolute atomic E-state index is 13.7. The molecule has 1 saturated heterocycles. The molecule has 0 bridgehead atoms. The zero-order valence-electron chi connectivity index (χ0n) is 21.9. The number of ether oxygens (including phenoxy) is 2. The fourth-order valence-electron chi connectivity index (χ4n) is 4.63. The van der Waals surface area contributed by atoms with Gasteiger partial charge in [0.2, 0.25) is 0 Å². The highest BCUT2D eigenvalue weighted by atomic mass is 19.4. The van der Waals surface area contributed by atoms with Gasteiger partial charge in [0.25, 0.3) is 0 Å². The van der Waals surface area contributed by atoms with E-state index in [1.165, 1.54) is 31.2 Å². The predicted octanol–water partition coefficient (Wildman–Crippen LogP) is 6.09. The largest absolute Gasteiger partial charge is 0.416 e. The van der Waals surface area contributed by atoms with Crippen molar-refractivity contribution in [2.75, 3.05) is 40.3 Å². The summed E-state index contributed by atoms with van der Waals surface area (Å²) in [5.41, 5.74) is -1.88. The molecule has 0 spiro atoms. The number of morpholine rings is 1. The molecule has 0 aromatic heterocycles. The lowest BCUT2D eigenvalue weighted by molar-refractivity contribution is -0.229. The number of rotatable bonds is 8. The van der Waals surface area contributed by atoms with Gasteiger partial charge in [-0.2, -0.15) is 31.5 Å². The molecule has 2 heterocycles. The van der Waals surface area contributed by atoms with Crippen molar-refractivity contribution in [2.45, 2.75) is 43.8 Å². The van der Waals surface area contributed by atoms with Gasteiger partial charge in [-0.15, -0.1) is 5.10 Å². The first-order chi connectivity index (χ1) is 18.7. The second-order valence-electron chi connectivity index (χ2n) is 9.90. The lowest BCUT2D eigenvalue weighted by Gasteiger charge is -2.42. The van der Waals surface area contributed by atoms with E-state index < -0.39 is 47.7 Å². The summed E-state index contributed by atoms with van der Waals surface area (Å²) in [6, 6.07) is 5.82. The van der Waals surface area contributed by atoms with Crippen molar-refractivity contribution in [2.24, 2.45) is 15.4 Å². The van der Waals surface area contributed by atoms with E-state index in [4.69, 9.17) is 9.47 Å². The van der Waals surface area contributed by atoms with Crippen molar-refractivity contribution in [3.63, 3.8) is 0 Å². The monoisotopic (exact) mass is 575 g/mol. The highest BCUT2D eigenvalue weighted by Gasteiger charge is 2.40. The van der Waals surface area contributed by atoms with Crippen LogP contribution in [0.2, 0.25) is 0 Å². The second kappa shape index (κ2) is 11.9. The Hall–Kier alpha value is -2.94. The number of benzene rings is 2. The molecule has 40 heavy (non-hydrogen) atoms. The highest BCUT2D eigenvalue weighted by Crippen LogP contribution is 2.39. The number of alkyl halides is 6. The molecule has 0 N–H and O–H groups in total. The first kappa shape index (κ1) is 30.0. The summed E-state index contributed by atoms with van der Waals surface area (Å²) >= 11 is 0. The molecule has 0 radical (unpaired) electrons. The zero-order valence-corrected chi connectivity index (χ0v) is 21.9. The quantitative estimate of drug-likeness (QED) is 0.358. The molecule has 2 aliphatic rings. The molecule has 218 valence electrons. The summed E-state index contributed by atoms with van der Waals surface area (Å²) in [4.78, 5) is 3.87. The molecule has 2 aromatic carbocycles. The van der Waals surface area contributed by atoms with E-state index in [0.717, 1.165) is 5.71 Å². The molecule has 4 unspecified atom stereocenters. The fraction of sp³-hybridized carbons (Fsp3) is 0.500. The normalized spacial score (nSPS) is 23.1. The van der Waals surface area contributed by atoms with E-state index in [0.29, 0.717) is 37.3 Å². The average molecular weight is 576 g/mol. The van der Waals surface area contributed by atoms with E-state index in [-0.39, 0.29) is 24.3 Å². The van der Waals surface area contributed by atoms with Gasteiger partial charge in [-0.25, -0.2) is 4.39 Å². The van der Waals surface area contributed by atoms with Crippen molar-refractivity contribution >= 4 is 5.71 Å². The molecule has 4 atom stereocenters. The van der Waals surface area contributed by atoms with Crippen molar-refractivity contribution in [3.8, 4) is 0 Å². The molecule has 1 fully saturated rings.